The molecule has 1 radical (unpaired) electrons. The summed E-state index contributed by atoms with van der Waals surface area (Å²) in [6, 6.07) is 6.95. The monoisotopic (exact) mass is 370 g/mol. The zero-order valence-corrected chi connectivity index (χ0v) is 15.1. The summed E-state index contributed by atoms with van der Waals surface area (Å²) in [4.78, 5) is 46.4. The van der Waals surface area contributed by atoms with Crippen LogP contribution in [0.2, 0.25) is 0 Å². The number of esters is 1. The van der Waals surface area contributed by atoms with Crippen LogP contribution in [0.3, 0.4) is 0 Å². The van der Waals surface area contributed by atoms with Gasteiger partial charge in [-0.15, -0.1) is 0 Å². The smallest absolute Gasteiger partial charge is 0.545 e. The number of ether oxygens (including phenoxy) is 1. The molecule has 0 aliphatic carbocycles. The number of nitrogens with zero attached hydrogens (tertiary/aromatic N) is 1. The molecule has 26 heavy (non-hydrogen) atoms. The van der Waals surface area contributed by atoms with E-state index in [-0.39, 0.29) is 45.6 Å². The molecule has 0 saturated carbocycles. The van der Waals surface area contributed by atoms with E-state index >= 15 is 0 Å². The van der Waals surface area contributed by atoms with Gasteiger partial charge in [0, 0.05) is 30.4 Å². The van der Waals surface area contributed by atoms with Crippen molar-refractivity contribution >= 4 is 41.1 Å². The zero-order chi connectivity index (χ0) is 19.0. The number of ketones is 1. The Labute approximate surface area is 159 Å². The molecule has 0 unspecified atom stereocenters. The van der Waals surface area contributed by atoms with Crippen LogP contribution in [-0.2, 0) is 4.79 Å². The van der Waals surface area contributed by atoms with E-state index in [9.17, 15) is 29.4 Å². The van der Waals surface area contributed by atoms with Crippen molar-refractivity contribution < 1.29 is 34.1 Å². The van der Waals surface area contributed by atoms with Crippen molar-refractivity contribution in [2.24, 2.45) is 0 Å². The number of hydrogen-bond donors (Lipinski definition) is 0. The molecule has 2 aromatic rings. The molecule has 1 aromatic heterocycles. The summed E-state index contributed by atoms with van der Waals surface area (Å²) >= 11 is 0. The fourth-order valence-electron chi connectivity index (χ4n) is 1.71. The van der Waals surface area contributed by atoms with Crippen LogP contribution in [0.1, 0.15) is 44.9 Å². The third-order valence-corrected chi connectivity index (χ3v) is 2.76. The molecule has 0 bridgehead atoms. The van der Waals surface area contributed by atoms with Crippen LogP contribution in [0.4, 0.5) is 0 Å². The van der Waals surface area contributed by atoms with Gasteiger partial charge in [0.25, 0.3) is 0 Å². The first-order valence-electron chi connectivity index (χ1n) is 6.89. The van der Waals surface area contributed by atoms with Gasteiger partial charge in [-0.25, -0.2) is 0 Å². The Morgan fingerprint density at radius 1 is 0.923 bits per heavy atom. The SMILES string of the molecule is CC(=O)Oc1c(C(C)=O)cccc1C(=O)[O-].O=C([O-])c1cccnc1.[Al+2]. The number of hydrogen-bond acceptors (Lipinski definition) is 8. The molecule has 0 spiro atoms. The molecule has 1 aromatic carbocycles. The van der Waals surface area contributed by atoms with E-state index in [2.05, 4.69) is 4.98 Å². The van der Waals surface area contributed by atoms with Crippen molar-refractivity contribution in [2.45, 2.75) is 13.8 Å². The Kier molecular flexibility index (Phi) is 9.52. The van der Waals surface area contributed by atoms with Gasteiger partial charge >= 0.3 is 23.3 Å². The Bertz CT molecular complexity index is 774. The minimum Gasteiger partial charge on any atom is -0.545 e. The normalized spacial score (nSPS) is 9.00. The first-order valence-corrected chi connectivity index (χ1v) is 6.89. The van der Waals surface area contributed by atoms with Crippen LogP contribution in [0.15, 0.2) is 42.7 Å². The van der Waals surface area contributed by atoms with Crippen LogP contribution in [-0.4, -0.2) is 46.0 Å². The van der Waals surface area contributed by atoms with Gasteiger partial charge in [-0.2, -0.15) is 0 Å². The molecule has 0 aliphatic rings. The standard InChI is InChI=1S/C11H10O5.C6H5NO2.Al/c1-6(12)8-4-3-5-9(11(14)15)10(8)16-7(2)13;8-6(9)5-2-1-3-7-4-5;/h3-5H,1-2H3,(H,14,15);1-4H,(H,8,9);/q;;+2/p-2. The van der Waals surface area contributed by atoms with Gasteiger partial charge in [-0.3, -0.25) is 14.6 Å². The number of para-hydroxylation sites is 1. The summed E-state index contributed by atoms with van der Waals surface area (Å²) in [5.74, 6) is -4.04. The van der Waals surface area contributed by atoms with E-state index in [4.69, 9.17) is 4.74 Å². The van der Waals surface area contributed by atoms with Crippen molar-refractivity contribution in [3.63, 3.8) is 0 Å². The Morgan fingerprint density at radius 2 is 1.54 bits per heavy atom. The van der Waals surface area contributed by atoms with Crippen molar-refractivity contribution in [2.75, 3.05) is 0 Å². The summed E-state index contributed by atoms with van der Waals surface area (Å²) in [6.07, 6.45) is 2.75. The number of pyridine rings is 1. The maximum Gasteiger partial charge on any atom is 2.00 e. The minimum absolute atomic E-state index is 0. The number of aromatic nitrogens is 1. The quantitative estimate of drug-likeness (QED) is 0.296. The first kappa shape index (κ1) is 23.0. The number of benzene rings is 1. The fourth-order valence-corrected chi connectivity index (χ4v) is 1.71. The third kappa shape index (κ3) is 6.85. The largest absolute Gasteiger partial charge is 2.00 e. The molecular weight excluding hydrogens is 357 g/mol. The van der Waals surface area contributed by atoms with Crippen LogP contribution < -0.4 is 14.9 Å². The van der Waals surface area contributed by atoms with Gasteiger partial charge in [0.05, 0.1) is 17.5 Å². The molecule has 131 valence electrons. The summed E-state index contributed by atoms with van der Waals surface area (Å²) < 4.78 is 4.72. The molecule has 9 heteroatoms. The summed E-state index contributed by atoms with van der Waals surface area (Å²) in [7, 11) is 0. The molecule has 1 heterocycles. The number of aromatic carboxylic acids is 2. The van der Waals surface area contributed by atoms with E-state index in [1.807, 2.05) is 0 Å². The average molecular weight is 370 g/mol. The van der Waals surface area contributed by atoms with Gasteiger partial charge in [0.2, 0.25) is 0 Å². The van der Waals surface area contributed by atoms with Crippen molar-refractivity contribution in [1.82, 2.24) is 4.98 Å². The van der Waals surface area contributed by atoms with Gasteiger partial charge in [0.1, 0.15) is 0 Å². The number of carbonyl (C=O) groups is 4. The maximum absolute atomic E-state index is 11.2. The second-order valence-electron chi connectivity index (χ2n) is 4.65. The van der Waals surface area contributed by atoms with Crippen molar-refractivity contribution in [1.29, 1.82) is 0 Å². The number of rotatable bonds is 4. The molecule has 2 rings (SSSR count). The van der Waals surface area contributed by atoms with Crippen molar-refractivity contribution in [3.05, 3.63) is 59.4 Å². The molecule has 0 saturated heterocycles. The first-order chi connectivity index (χ1) is 11.7. The summed E-state index contributed by atoms with van der Waals surface area (Å²) in [5, 5.41) is 20.8. The van der Waals surface area contributed by atoms with Gasteiger partial charge in [0.15, 0.2) is 11.5 Å². The number of carboxylic acids is 2. The van der Waals surface area contributed by atoms with Crippen molar-refractivity contribution in [3.8, 4) is 5.75 Å². The molecular formula is C17H13AlNO7. The van der Waals surface area contributed by atoms with Crippen LogP contribution in [0.5, 0.6) is 5.75 Å². The molecule has 8 nitrogen and oxygen atoms in total. The summed E-state index contributed by atoms with van der Waals surface area (Å²) in [5.41, 5.74) is -0.169. The van der Waals surface area contributed by atoms with E-state index in [0.29, 0.717) is 0 Å². The van der Waals surface area contributed by atoms with Crippen LogP contribution in [0, 0.1) is 0 Å². The molecule has 0 amide bonds. The predicted octanol–water partition coefficient (Wildman–Crippen LogP) is -0.758. The second-order valence-corrected chi connectivity index (χ2v) is 4.65. The zero-order valence-electron chi connectivity index (χ0n) is 13.9. The van der Waals surface area contributed by atoms with Crippen LogP contribution >= 0.6 is 0 Å². The molecule has 0 fully saturated rings. The minimum atomic E-state index is -1.50. The average Bonchev–Trinajstić information content (AvgIpc) is 2.55. The maximum atomic E-state index is 11.2. The van der Waals surface area contributed by atoms with E-state index in [0.717, 1.165) is 6.92 Å². The Morgan fingerprint density at radius 3 is 1.92 bits per heavy atom. The Hall–Kier alpha value is -3.02. The van der Waals surface area contributed by atoms with E-state index in [1.54, 1.807) is 6.07 Å². The number of carboxylic acid groups (broad SMARTS) is 2. The molecule has 0 atom stereocenters. The third-order valence-electron chi connectivity index (χ3n) is 2.76. The summed E-state index contributed by atoms with van der Waals surface area (Å²) in [6.45, 7) is 2.37. The Balaban J connectivity index is 0.000000532. The number of carbonyl (C=O) groups excluding carboxylic acids is 4. The topological polar surface area (TPSA) is 137 Å². The fraction of sp³-hybridized carbons (Fsp3) is 0.118. The van der Waals surface area contributed by atoms with Gasteiger partial charge < -0.3 is 24.5 Å². The van der Waals surface area contributed by atoms with E-state index < -0.39 is 17.9 Å². The number of Topliss-reactive ketones (excluding diaryl/α,β-unsaturated/α-hetero) is 1. The van der Waals surface area contributed by atoms with E-state index in [1.165, 1.54) is 43.6 Å². The molecule has 0 aliphatic heterocycles. The second kappa shape index (κ2) is 10.8. The predicted molar refractivity (Wildman–Crippen MR) is 86.4 cm³/mol. The van der Waals surface area contributed by atoms with Gasteiger partial charge in [-0.05, 0) is 25.1 Å². The van der Waals surface area contributed by atoms with Gasteiger partial charge in [-0.1, -0.05) is 12.1 Å². The molecule has 0 N–H and O–H groups in total. The van der Waals surface area contributed by atoms with Crippen LogP contribution in [0.25, 0.3) is 0 Å².